The molecule has 1 unspecified atom stereocenters. The monoisotopic (exact) mass is 303 g/mol. The Bertz CT molecular complexity index is 389. The van der Waals surface area contributed by atoms with E-state index in [9.17, 15) is 4.39 Å². The molecule has 1 fully saturated rings. The number of hydrogen-bond acceptors (Lipinski definition) is 3. The minimum atomic E-state index is -0.316. The maximum absolute atomic E-state index is 13.2. The van der Waals surface area contributed by atoms with E-state index in [-0.39, 0.29) is 11.9 Å². The minimum Gasteiger partial charge on any atom is -0.491 e. The van der Waals surface area contributed by atoms with Gasteiger partial charge in [-0.2, -0.15) is 0 Å². The summed E-state index contributed by atoms with van der Waals surface area (Å²) in [5.41, 5.74) is 0. The van der Waals surface area contributed by atoms with Crippen LogP contribution in [0.4, 0.5) is 4.39 Å². The second-order valence-electron chi connectivity index (χ2n) is 4.14. The molecule has 0 N–H and O–H groups in total. The molecule has 2 rings (SSSR count). The molecule has 0 bridgehead atoms. The standard InChI is InChI=1S/C12H15BrFNO2/c1-15-4-5-16-10(7-15)8-17-9-2-3-11(13)12(14)6-9/h2-3,6,10H,4-5,7-8H2,1H3. The Labute approximate surface area is 109 Å². The Morgan fingerprint density at radius 3 is 3.12 bits per heavy atom. The third-order valence-electron chi connectivity index (χ3n) is 2.67. The van der Waals surface area contributed by atoms with Crippen molar-refractivity contribution in [1.82, 2.24) is 4.90 Å². The van der Waals surface area contributed by atoms with Crippen molar-refractivity contribution in [3.8, 4) is 5.75 Å². The van der Waals surface area contributed by atoms with Gasteiger partial charge in [0, 0.05) is 19.2 Å². The largest absolute Gasteiger partial charge is 0.491 e. The molecule has 3 nitrogen and oxygen atoms in total. The van der Waals surface area contributed by atoms with Crippen molar-refractivity contribution in [2.75, 3.05) is 33.4 Å². The molecule has 0 amide bonds. The van der Waals surface area contributed by atoms with Crippen molar-refractivity contribution in [3.05, 3.63) is 28.5 Å². The van der Waals surface area contributed by atoms with Crippen LogP contribution >= 0.6 is 15.9 Å². The summed E-state index contributed by atoms with van der Waals surface area (Å²) in [5.74, 6) is 0.215. The molecule has 0 spiro atoms. The summed E-state index contributed by atoms with van der Waals surface area (Å²) in [5, 5.41) is 0. The van der Waals surface area contributed by atoms with E-state index in [1.165, 1.54) is 6.07 Å². The predicted octanol–water partition coefficient (Wildman–Crippen LogP) is 2.30. The summed E-state index contributed by atoms with van der Waals surface area (Å²) < 4.78 is 24.8. The van der Waals surface area contributed by atoms with Crippen molar-refractivity contribution in [2.45, 2.75) is 6.10 Å². The summed E-state index contributed by atoms with van der Waals surface area (Å²) in [4.78, 5) is 2.19. The lowest BCUT2D eigenvalue weighted by Gasteiger charge is -2.29. The van der Waals surface area contributed by atoms with Crippen LogP contribution in [-0.2, 0) is 4.74 Å². The molecule has 1 heterocycles. The van der Waals surface area contributed by atoms with Crippen LogP contribution < -0.4 is 4.74 Å². The Morgan fingerprint density at radius 2 is 2.41 bits per heavy atom. The molecule has 1 saturated heterocycles. The molecule has 1 aromatic carbocycles. The number of nitrogens with zero attached hydrogens (tertiary/aromatic N) is 1. The van der Waals surface area contributed by atoms with Crippen molar-refractivity contribution >= 4 is 15.9 Å². The van der Waals surface area contributed by atoms with Gasteiger partial charge in [-0.3, -0.25) is 0 Å². The normalized spacial score (nSPS) is 21.5. The fourth-order valence-electron chi connectivity index (χ4n) is 1.72. The number of morpholine rings is 1. The van der Waals surface area contributed by atoms with Gasteiger partial charge in [-0.05, 0) is 35.1 Å². The van der Waals surface area contributed by atoms with Gasteiger partial charge in [0.05, 0.1) is 11.1 Å². The second-order valence-corrected chi connectivity index (χ2v) is 5.00. The predicted molar refractivity (Wildman–Crippen MR) is 66.8 cm³/mol. The van der Waals surface area contributed by atoms with E-state index >= 15 is 0 Å². The summed E-state index contributed by atoms with van der Waals surface area (Å²) in [6.45, 7) is 2.97. The molecule has 0 radical (unpaired) electrons. The van der Waals surface area contributed by atoms with Gasteiger partial charge >= 0.3 is 0 Å². The highest BCUT2D eigenvalue weighted by Crippen LogP contribution is 2.21. The first-order valence-corrected chi connectivity index (χ1v) is 6.32. The van der Waals surface area contributed by atoms with E-state index in [0.29, 0.717) is 16.8 Å². The van der Waals surface area contributed by atoms with Crippen molar-refractivity contribution in [1.29, 1.82) is 0 Å². The quantitative estimate of drug-likeness (QED) is 0.855. The van der Waals surface area contributed by atoms with E-state index in [1.54, 1.807) is 12.1 Å². The highest BCUT2D eigenvalue weighted by molar-refractivity contribution is 9.10. The Hall–Kier alpha value is -0.650. The topological polar surface area (TPSA) is 21.7 Å². The Balaban J connectivity index is 1.86. The maximum atomic E-state index is 13.2. The van der Waals surface area contributed by atoms with Gasteiger partial charge in [0.2, 0.25) is 0 Å². The van der Waals surface area contributed by atoms with Gasteiger partial charge in [0.1, 0.15) is 24.3 Å². The van der Waals surface area contributed by atoms with Gasteiger partial charge in [-0.15, -0.1) is 0 Å². The van der Waals surface area contributed by atoms with Gasteiger partial charge in [0.15, 0.2) is 0 Å². The highest BCUT2D eigenvalue weighted by atomic mass is 79.9. The maximum Gasteiger partial charge on any atom is 0.141 e. The number of ether oxygens (including phenoxy) is 2. The Kier molecular flexibility index (Phi) is 4.36. The van der Waals surface area contributed by atoms with Crippen LogP contribution in [0.15, 0.2) is 22.7 Å². The molecule has 1 atom stereocenters. The summed E-state index contributed by atoms with van der Waals surface area (Å²) >= 11 is 3.10. The molecule has 1 aliphatic heterocycles. The van der Waals surface area contributed by atoms with E-state index in [4.69, 9.17) is 9.47 Å². The second kappa shape index (κ2) is 5.80. The van der Waals surface area contributed by atoms with Crippen molar-refractivity contribution in [3.63, 3.8) is 0 Å². The van der Waals surface area contributed by atoms with Crippen LogP contribution in [0, 0.1) is 5.82 Å². The molecule has 1 aliphatic rings. The smallest absolute Gasteiger partial charge is 0.141 e. The molecule has 1 aromatic rings. The molecule has 0 saturated carbocycles. The molecule has 0 aromatic heterocycles. The number of benzene rings is 1. The number of rotatable bonds is 3. The van der Waals surface area contributed by atoms with Crippen LogP contribution in [0.1, 0.15) is 0 Å². The lowest BCUT2D eigenvalue weighted by Crippen LogP contribution is -2.42. The van der Waals surface area contributed by atoms with Gasteiger partial charge < -0.3 is 14.4 Å². The zero-order chi connectivity index (χ0) is 12.3. The average Bonchev–Trinajstić information content (AvgIpc) is 2.31. The van der Waals surface area contributed by atoms with Crippen LogP contribution in [0.5, 0.6) is 5.75 Å². The number of likely N-dealkylation sites (N-methyl/N-ethyl adjacent to an activating group) is 1. The molecule has 17 heavy (non-hydrogen) atoms. The fourth-order valence-corrected chi connectivity index (χ4v) is 1.97. The van der Waals surface area contributed by atoms with Gasteiger partial charge in [-0.25, -0.2) is 4.39 Å². The van der Waals surface area contributed by atoms with E-state index in [1.807, 2.05) is 0 Å². The van der Waals surface area contributed by atoms with E-state index in [0.717, 1.165) is 19.7 Å². The van der Waals surface area contributed by atoms with E-state index in [2.05, 4.69) is 27.9 Å². The summed E-state index contributed by atoms with van der Waals surface area (Å²) in [6, 6.07) is 4.74. The van der Waals surface area contributed by atoms with Gasteiger partial charge in [-0.1, -0.05) is 0 Å². The van der Waals surface area contributed by atoms with E-state index < -0.39 is 0 Å². The van der Waals surface area contributed by atoms with Gasteiger partial charge in [0.25, 0.3) is 0 Å². The zero-order valence-electron chi connectivity index (χ0n) is 9.66. The molecular formula is C12H15BrFNO2. The van der Waals surface area contributed by atoms with Crippen LogP contribution in [0.25, 0.3) is 0 Å². The minimum absolute atomic E-state index is 0.0560. The first-order chi connectivity index (χ1) is 8.15. The summed E-state index contributed by atoms with van der Waals surface area (Å²) in [7, 11) is 2.05. The molecular weight excluding hydrogens is 289 g/mol. The Morgan fingerprint density at radius 1 is 1.59 bits per heavy atom. The molecule has 0 aliphatic carbocycles. The zero-order valence-corrected chi connectivity index (χ0v) is 11.2. The number of halogens is 2. The molecule has 5 heteroatoms. The lowest BCUT2D eigenvalue weighted by molar-refractivity contribution is -0.0403. The summed E-state index contributed by atoms with van der Waals surface area (Å²) in [6.07, 6.45) is 0.0560. The first kappa shape index (κ1) is 12.8. The lowest BCUT2D eigenvalue weighted by atomic mass is 10.3. The van der Waals surface area contributed by atoms with Crippen LogP contribution in [0.2, 0.25) is 0 Å². The first-order valence-electron chi connectivity index (χ1n) is 5.53. The van der Waals surface area contributed by atoms with Crippen molar-refractivity contribution < 1.29 is 13.9 Å². The fraction of sp³-hybridized carbons (Fsp3) is 0.500. The number of hydrogen-bond donors (Lipinski definition) is 0. The van der Waals surface area contributed by atoms with Crippen LogP contribution in [0.3, 0.4) is 0 Å². The third-order valence-corrected chi connectivity index (χ3v) is 3.31. The SMILES string of the molecule is CN1CCOC(COc2ccc(Br)c(F)c2)C1. The highest BCUT2D eigenvalue weighted by Gasteiger charge is 2.18. The average molecular weight is 304 g/mol. The molecule has 94 valence electrons. The third kappa shape index (κ3) is 3.66. The van der Waals surface area contributed by atoms with Crippen LogP contribution in [-0.4, -0.2) is 44.4 Å². The van der Waals surface area contributed by atoms with Crippen molar-refractivity contribution in [2.24, 2.45) is 0 Å².